The fraction of sp³-hybridized carbons (Fsp3) is 0.368. The molecule has 0 N–H and O–H groups in total. The molecule has 2 aliphatic heterocycles. The van der Waals surface area contributed by atoms with Gasteiger partial charge in [0.15, 0.2) is 0 Å². The smallest absolute Gasteiger partial charge is 0.227 e. The molecule has 26 heavy (non-hydrogen) atoms. The van der Waals surface area contributed by atoms with Gasteiger partial charge in [0.2, 0.25) is 15.9 Å². The Morgan fingerprint density at radius 1 is 1.19 bits per heavy atom. The second kappa shape index (κ2) is 6.48. The van der Waals surface area contributed by atoms with Gasteiger partial charge in [-0.3, -0.25) is 9.78 Å². The summed E-state index contributed by atoms with van der Waals surface area (Å²) in [6.07, 6.45) is 5.42. The summed E-state index contributed by atoms with van der Waals surface area (Å²) in [5, 5.41) is 0. The molecule has 7 heteroatoms. The van der Waals surface area contributed by atoms with Gasteiger partial charge in [0.25, 0.3) is 0 Å². The minimum Gasteiger partial charge on any atom is -0.315 e. The molecular weight excluding hydrogens is 350 g/mol. The van der Waals surface area contributed by atoms with Crippen LogP contribution in [0.4, 0.5) is 5.69 Å². The third kappa shape index (κ3) is 3.01. The van der Waals surface area contributed by atoms with Gasteiger partial charge >= 0.3 is 0 Å². The van der Waals surface area contributed by atoms with Gasteiger partial charge in [-0.2, -0.15) is 4.31 Å². The number of nitrogens with zero attached hydrogens (tertiary/aromatic N) is 3. The van der Waals surface area contributed by atoms with E-state index in [0.717, 1.165) is 34.4 Å². The molecule has 1 aromatic heterocycles. The maximum absolute atomic E-state index is 12.1. The first-order valence-electron chi connectivity index (χ1n) is 8.76. The molecule has 1 saturated heterocycles. The van der Waals surface area contributed by atoms with E-state index in [2.05, 4.69) is 11.1 Å². The Bertz CT molecular complexity index is 972. The van der Waals surface area contributed by atoms with Crippen LogP contribution in [0.5, 0.6) is 0 Å². The number of carbonyl (C=O) groups is 1. The van der Waals surface area contributed by atoms with Crippen molar-refractivity contribution >= 4 is 21.6 Å². The van der Waals surface area contributed by atoms with Crippen molar-refractivity contribution in [2.24, 2.45) is 0 Å². The van der Waals surface area contributed by atoms with Crippen LogP contribution in [0.25, 0.3) is 11.1 Å². The van der Waals surface area contributed by atoms with E-state index in [4.69, 9.17) is 0 Å². The van der Waals surface area contributed by atoms with Crippen LogP contribution in [0.1, 0.15) is 24.0 Å². The lowest BCUT2D eigenvalue weighted by molar-refractivity contribution is -0.118. The molecule has 2 aliphatic rings. The summed E-state index contributed by atoms with van der Waals surface area (Å²) < 4.78 is 25.6. The van der Waals surface area contributed by atoms with Gasteiger partial charge in [0.1, 0.15) is 0 Å². The Morgan fingerprint density at radius 2 is 2.04 bits per heavy atom. The molecular formula is C19H21N3O3S. The van der Waals surface area contributed by atoms with Crippen molar-refractivity contribution < 1.29 is 13.2 Å². The molecule has 0 aliphatic carbocycles. The van der Waals surface area contributed by atoms with Crippen LogP contribution in [0.15, 0.2) is 36.7 Å². The second-order valence-corrected chi connectivity index (χ2v) is 8.94. The summed E-state index contributed by atoms with van der Waals surface area (Å²) in [4.78, 5) is 18.2. The first-order valence-corrected chi connectivity index (χ1v) is 10.4. The van der Waals surface area contributed by atoms with E-state index < -0.39 is 10.0 Å². The Labute approximate surface area is 153 Å². The number of fused-ring (bicyclic) bond motifs is 1. The van der Waals surface area contributed by atoms with Gasteiger partial charge < -0.3 is 4.90 Å². The first-order chi connectivity index (χ1) is 12.5. The van der Waals surface area contributed by atoms with Gasteiger partial charge in [0, 0.05) is 50.1 Å². The van der Waals surface area contributed by atoms with Crippen molar-refractivity contribution in [3.05, 3.63) is 47.8 Å². The van der Waals surface area contributed by atoms with Crippen LogP contribution >= 0.6 is 0 Å². The second-order valence-electron chi connectivity index (χ2n) is 6.85. The molecule has 0 unspecified atom stereocenters. The Balaban J connectivity index is 1.71. The van der Waals surface area contributed by atoms with E-state index in [9.17, 15) is 13.2 Å². The average Bonchev–Trinajstić information content (AvgIpc) is 2.96. The van der Waals surface area contributed by atoms with Crippen molar-refractivity contribution in [3.8, 4) is 11.1 Å². The van der Waals surface area contributed by atoms with E-state index >= 15 is 0 Å². The van der Waals surface area contributed by atoms with Gasteiger partial charge in [-0.1, -0.05) is 18.2 Å². The zero-order valence-electron chi connectivity index (χ0n) is 14.7. The topological polar surface area (TPSA) is 70.6 Å². The monoisotopic (exact) mass is 371 g/mol. The zero-order chi connectivity index (χ0) is 18.3. The van der Waals surface area contributed by atoms with Gasteiger partial charge in [-0.05, 0) is 30.0 Å². The lowest BCUT2D eigenvalue weighted by Gasteiger charge is -2.28. The fourth-order valence-corrected chi connectivity index (χ4v) is 5.26. The minimum absolute atomic E-state index is 0.109. The van der Waals surface area contributed by atoms with Crippen molar-refractivity contribution in [3.63, 3.8) is 0 Å². The summed E-state index contributed by atoms with van der Waals surface area (Å²) in [6, 6.07) is 8.01. The van der Waals surface area contributed by atoms with E-state index in [1.807, 2.05) is 18.2 Å². The molecule has 0 bridgehead atoms. The number of para-hydroxylation sites is 1. The number of rotatable bonds is 3. The molecule has 1 fully saturated rings. The summed E-state index contributed by atoms with van der Waals surface area (Å²) in [5.74, 6) is 0.330. The predicted molar refractivity (Wildman–Crippen MR) is 100 cm³/mol. The van der Waals surface area contributed by atoms with Gasteiger partial charge in [0.05, 0.1) is 11.4 Å². The number of aromatic nitrogens is 1. The molecule has 1 amide bonds. The standard InChI is InChI=1S/C19H21N3O3S/c1-21-18(23)7-6-15-4-2-5-17(19(15)21)16-10-14(11-20-12-16)13-22-8-3-9-26(22,24)25/h2,4-5,10-12H,3,6-9,13H2,1H3. The van der Waals surface area contributed by atoms with E-state index in [1.54, 1.807) is 24.3 Å². The van der Waals surface area contributed by atoms with Crippen LogP contribution in [0.2, 0.25) is 0 Å². The number of carbonyl (C=O) groups excluding carboxylic acids is 1. The lowest BCUT2D eigenvalue weighted by Crippen LogP contribution is -2.31. The van der Waals surface area contributed by atoms with Crippen LogP contribution in [0.3, 0.4) is 0 Å². The molecule has 0 atom stereocenters. The molecule has 1 aromatic carbocycles. The summed E-state index contributed by atoms with van der Waals surface area (Å²) >= 11 is 0. The third-order valence-electron chi connectivity index (χ3n) is 5.11. The number of anilines is 1. The molecule has 4 rings (SSSR count). The summed E-state index contributed by atoms with van der Waals surface area (Å²) in [5.41, 5.74) is 4.79. The number of hydrogen-bond acceptors (Lipinski definition) is 4. The summed E-state index contributed by atoms with van der Waals surface area (Å²) in [6.45, 7) is 0.900. The van der Waals surface area contributed by atoms with Gasteiger partial charge in [-0.25, -0.2) is 8.42 Å². The number of aryl methyl sites for hydroxylation is 1. The van der Waals surface area contributed by atoms with Crippen LogP contribution in [0, 0.1) is 0 Å². The molecule has 136 valence electrons. The number of amides is 1. The Morgan fingerprint density at radius 3 is 2.81 bits per heavy atom. The van der Waals surface area contributed by atoms with Crippen molar-refractivity contribution in [1.29, 1.82) is 0 Å². The fourth-order valence-electron chi connectivity index (χ4n) is 3.75. The largest absolute Gasteiger partial charge is 0.315 e. The number of benzene rings is 1. The SMILES string of the molecule is CN1C(=O)CCc2cccc(-c3cncc(CN4CCCS4(=O)=O)c3)c21. The minimum atomic E-state index is -3.14. The van der Waals surface area contributed by atoms with Crippen molar-refractivity contribution in [2.75, 3.05) is 24.2 Å². The first kappa shape index (κ1) is 17.2. The van der Waals surface area contributed by atoms with Crippen LogP contribution in [-0.2, 0) is 27.8 Å². The molecule has 6 nitrogen and oxygen atoms in total. The van der Waals surface area contributed by atoms with Crippen molar-refractivity contribution in [2.45, 2.75) is 25.8 Å². The maximum atomic E-state index is 12.1. The highest BCUT2D eigenvalue weighted by atomic mass is 32.2. The van der Waals surface area contributed by atoms with Crippen molar-refractivity contribution in [1.82, 2.24) is 9.29 Å². The number of sulfonamides is 1. The predicted octanol–water partition coefficient (Wildman–Crippen LogP) is 2.19. The molecule has 0 radical (unpaired) electrons. The molecule has 2 aromatic rings. The molecule has 0 spiro atoms. The van der Waals surface area contributed by atoms with Crippen LogP contribution < -0.4 is 4.90 Å². The maximum Gasteiger partial charge on any atom is 0.227 e. The quantitative estimate of drug-likeness (QED) is 0.829. The Hall–Kier alpha value is -2.25. The zero-order valence-corrected chi connectivity index (χ0v) is 15.5. The molecule has 0 saturated carbocycles. The van der Waals surface area contributed by atoms with E-state index in [1.165, 1.54) is 4.31 Å². The third-order valence-corrected chi connectivity index (χ3v) is 7.01. The van der Waals surface area contributed by atoms with E-state index in [0.29, 0.717) is 25.9 Å². The number of pyridine rings is 1. The highest BCUT2D eigenvalue weighted by Crippen LogP contribution is 2.37. The van der Waals surface area contributed by atoms with Gasteiger partial charge in [-0.15, -0.1) is 0 Å². The lowest BCUT2D eigenvalue weighted by atomic mass is 9.94. The average molecular weight is 371 g/mol. The molecule has 3 heterocycles. The highest BCUT2D eigenvalue weighted by molar-refractivity contribution is 7.89. The normalized spacial score (nSPS) is 19.6. The highest BCUT2D eigenvalue weighted by Gasteiger charge is 2.28. The van der Waals surface area contributed by atoms with Crippen LogP contribution in [-0.4, -0.2) is 43.0 Å². The van der Waals surface area contributed by atoms with E-state index in [-0.39, 0.29) is 11.7 Å². The Kier molecular flexibility index (Phi) is 4.28. The number of hydrogen-bond donors (Lipinski definition) is 0. The summed E-state index contributed by atoms with van der Waals surface area (Å²) in [7, 11) is -1.34.